The Balaban J connectivity index is 2.16. The molecular formula is C10H13BrClN3O2. The minimum atomic E-state index is 0.0312. The molecular weight excluding hydrogens is 309 g/mol. The Bertz CT molecular complexity index is 394. The lowest BCUT2D eigenvalue weighted by Crippen LogP contribution is -2.44. The van der Waals surface area contributed by atoms with Gasteiger partial charge in [-0.2, -0.15) is 4.98 Å². The van der Waals surface area contributed by atoms with Gasteiger partial charge in [-0.15, -0.1) is 11.6 Å². The van der Waals surface area contributed by atoms with Crippen molar-refractivity contribution >= 4 is 33.5 Å². The summed E-state index contributed by atoms with van der Waals surface area (Å²) < 4.78 is 11.4. The SMILES string of the molecule is COc1nc(N2CCOC(CCl)C2)ncc1Br. The van der Waals surface area contributed by atoms with E-state index in [4.69, 9.17) is 21.1 Å². The summed E-state index contributed by atoms with van der Waals surface area (Å²) in [6.45, 7) is 2.10. The average molecular weight is 323 g/mol. The maximum atomic E-state index is 5.79. The van der Waals surface area contributed by atoms with Gasteiger partial charge in [0, 0.05) is 13.1 Å². The van der Waals surface area contributed by atoms with Gasteiger partial charge in [0.1, 0.15) is 0 Å². The van der Waals surface area contributed by atoms with Gasteiger partial charge in [-0.1, -0.05) is 0 Å². The summed E-state index contributed by atoms with van der Waals surface area (Å²) in [4.78, 5) is 10.6. The number of hydrogen-bond acceptors (Lipinski definition) is 5. The number of methoxy groups -OCH3 is 1. The van der Waals surface area contributed by atoms with Crippen molar-refractivity contribution in [3.8, 4) is 5.88 Å². The summed E-state index contributed by atoms with van der Waals surface area (Å²) in [5, 5.41) is 0. The maximum absolute atomic E-state index is 5.79. The van der Waals surface area contributed by atoms with Crippen molar-refractivity contribution in [2.24, 2.45) is 0 Å². The molecule has 1 saturated heterocycles. The first-order chi connectivity index (χ1) is 8.24. The second-order valence-electron chi connectivity index (χ2n) is 3.62. The highest BCUT2D eigenvalue weighted by molar-refractivity contribution is 9.10. The smallest absolute Gasteiger partial charge is 0.232 e. The monoisotopic (exact) mass is 321 g/mol. The van der Waals surface area contributed by atoms with Crippen molar-refractivity contribution in [1.29, 1.82) is 0 Å². The Morgan fingerprint density at radius 3 is 3.24 bits per heavy atom. The number of hydrogen-bond donors (Lipinski definition) is 0. The average Bonchev–Trinajstić information content (AvgIpc) is 2.39. The van der Waals surface area contributed by atoms with E-state index in [9.17, 15) is 0 Å². The first-order valence-corrected chi connectivity index (χ1v) is 6.56. The van der Waals surface area contributed by atoms with Gasteiger partial charge in [-0.05, 0) is 15.9 Å². The lowest BCUT2D eigenvalue weighted by atomic mass is 10.3. The lowest BCUT2D eigenvalue weighted by Gasteiger charge is -2.32. The number of alkyl halides is 1. The van der Waals surface area contributed by atoms with Crippen LogP contribution in [0, 0.1) is 0 Å². The van der Waals surface area contributed by atoms with Gasteiger partial charge in [-0.3, -0.25) is 0 Å². The number of morpholine rings is 1. The van der Waals surface area contributed by atoms with E-state index in [0.29, 0.717) is 30.9 Å². The molecule has 2 heterocycles. The van der Waals surface area contributed by atoms with Crippen molar-refractivity contribution < 1.29 is 9.47 Å². The van der Waals surface area contributed by atoms with Crippen LogP contribution in [0.15, 0.2) is 10.7 Å². The molecule has 0 N–H and O–H groups in total. The van der Waals surface area contributed by atoms with E-state index in [1.807, 2.05) is 4.90 Å². The van der Waals surface area contributed by atoms with Gasteiger partial charge in [0.15, 0.2) is 0 Å². The second kappa shape index (κ2) is 5.84. The Hall–Kier alpha value is -0.590. The van der Waals surface area contributed by atoms with Crippen molar-refractivity contribution in [2.45, 2.75) is 6.10 Å². The number of nitrogens with zero attached hydrogens (tertiary/aromatic N) is 3. The molecule has 0 spiro atoms. The molecule has 7 heteroatoms. The minimum Gasteiger partial charge on any atom is -0.480 e. The molecule has 0 saturated carbocycles. The van der Waals surface area contributed by atoms with E-state index in [1.165, 1.54) is 0 Å². The molecule has 2 rings (SSSR count). The highest BCUT2D eigenvalue weighted by atomic mass is 79.9. The van der Waals surface area contributed by atoms with Gasteiger partial charge in [-0.25, -0.2) is 4.98 Å². The first kappa shape index (κ1) is 12.9. The van der Waals surface area contributed by atoms with Crippen LogP contribution in [0.2, 0.25) is 0 Å². The van der Waals surface area contributed by atoms with Gasteiger partial charge in [0.2, 0.25) is 11.8 Å². The van der Waals surface area contributed by atoms with Gasteiger partial charge in [0.25, 0.3) is 0 Å². The van der Waals surface area contributed by atoms with Crippen molar-refractivity contribution in [1.82, 2.24) is 9.97 Å². The Morgan fingerprint density at radius 2 is 2.53 bits per heavy atom. The number of aromatic nitrogens is 2. The predicted octanol–water partition coefficient (Wildman–Crippen LogP) is 1.69. The van der Waals surface area contributed by atoms with Crippen LogP contribution in [0.3, 0.4) is 0 Å². The van der Waals surface area contributed by atoms with Crippen LogP contribution in [-0.2, 0) is 4.74 Å². The first-order valence-electron chi connectivity index (χ1n) is 5.23. The molecule has 0 aliphatic carbocycles. The molecule has 1 aliphatic heterocycles. The zero-order valence-corrected chi connectivity index (χ0v) is 11.7. The van der Waals surface area contributed by atoms with E-state index < -0.39 is 0 Å². The quantitative estimate of drug-likeness (QED) is 0.793. The third-order valence-electron chi connectivity index (χ3n) is 2.49. The van der Waals surface area contributed by atoms with E-state index in [2.05, 4.69) is 25.9 Å². The van der Waals surface area contributed by atoms with Crippen LogP contribution in [0.1, 0.15) is 0 Å². The minimum absolute atomic E-state index is 0.0312. The fourth-order valence-electron chi connectivity index (χ4n) is 1.63. The predicted molar refractivity (Wildman–Crippen MR) is 69.0 cm³/mol. The fraction of sp³-hybridized carbons (Fsp3) is 0.600. The van der Waals surface area contributed by atoms with Crippen LogP contribution in [0.4, 0.5) is 5.95 Å². The van der Waals surface area contributed by atoms with Gasteiger partial charge in [0.05, 0.1) is 36.4 Å². The highest BCUT2D eigenvalue weighted by Crippen LogP contribution is 2.24. The molecule has 17 heavy (non-hydrogen) atoms. The molecule has 1 atom stereocenters. The highest BCUT2D eigenvalue weighted by Gasteiger charge is 2.22. The van der Waals surface area contributed by atoms with Gasteiger partial charge >= 0.3 is 0 Å². The molecule has 1 aromatic rings. The molecule has 0 radical (unpaired) electrons. The second-order valence-corrected chi connectivity index (χ2v) is 4.78. The van der Waals surface area contributed by atoms with Crippen LogP contribution in [0.5, 0.6) is 5.88 Å². The summed E-state index contributed by atoms with van der Waals surface area (Å²) in [5.41, 5.74) is 0. The van der Waals surface area contributed by atoms with Crippen molar-refractivity contribution in [2.75, 3.05) is 37.6 Å². The largest absolute Gasteiger partial charge is 0.480 e. The maximum Gasteiger partial charge on any atom is 0.232 e. The molecule has 5 nitrogen and oxygen atoms in total. The third kappa shape index (κ3) is 3.00. The normalized spacial score (nSPS) is 20.4. The Morgan fingerprint density at radius 1 is 1.71 bits per heavy atom. The summed E-state index contributed by atoms with van der Waals surface area (Å²) in [5.74, 6) is 1.65. The molecule has 0 aromatic carbocycles. The zero-order chi connectivity index (χ0) is 12.3. The zero-order valence-electron chi connectivity index (χ0n) is 9.40. The third-order valence-corrected chi connectivity index (χ3v) is 3.37. The topological polar surface area (TPSA) is 47.5 Å². The summed E-state index contributed by atoms with van der Waals surface area (Å²) >= 11 is 9.12. The lowest BCUT2D eigenvalue weighted by molar-refractivity contribution is 0.0548. The number of rotatable bonds is 3. The van der Waals surface area contributed by atoms with E-state index >= 15 is 0 Å². The van der Waals surface area contributed by atoms with Gasteiger partial charge < -0.3 is 14.4 Å². The number of halogens is 2. The van der Waals surface area contributed by atoms with Crippen LogP contribution < -0.4 is 9.64 Å². The Labute approximate surface area is 113 Å². The molecule has 1 aliphatic rings. The molecule has 1 unspecified atom stereocenters. The van der Waals surface area contributed by atoms with E-state index in [-0.39, 0.29) is 6.10 Å². The molecule has 1 fully saturated rings. The molecule has 0 bridgehead atoms. The molecule has 1 aromatic heterocycles. The standard InChI is InChI=1S/C10H13BrClN3O2/c1-16-9-8(11)5-13-10(14-9)15-2-3-17-7(4-12)6-15/h5,7H,2-4,6H2,1H3. The summed E-state index contributed by atoms with van der Waals surface area (Å²) in [6.07, 6.45) is 1.72. The number of ether oxygens (including phenoxy) is 2. The van der Waals surface area contributed by atoms with Crippen molar-refractivity contribution in [3.63, 3.8) is 0 Å². The summed E-state index contributed by atoms with van der Waals surface area (Å²) in [6, 6.07) is 0. The summed E-state index contributed by atoms with van der Waals surface area (Å²) in [7, 11) is 1.58. The Kier molecular flexibility index (Phi) is 4.42. The van der Waals surface area contributed by atoms with Crippen LogP contribution in [-0.4, -0.2) is 48.8 Å². The number of anilines is 1. The van der Waals surface area contributed by atoms with Crippen LogP contribution >= 0.6 is 27.5 Å². The fourth-order valence-corrected chi connectivity index (χ4v) is 2.17. The van der Waals surface area contributed by atoms with Crippen LogP contribution in [0.25, 0.3) is 0 Å². The molecule has 0 amide bonds. The molecule has 94 valence electrons. The van der Waals surface area contributed by atoms with Crippen molar-refractivity contribution in [3.05, 3.63) is 10.7 Å². The van der Waals surface area contributed by atoms with E-state index in [0.717, 1.165) is 11.0 Å². The van der Waals surface area contributed by atoms with E-state index in [1.54, 1.807) is 13.3 Å².